The summed E-state index contributed by atoms with van der Waals surface area (Å²) in [4.78, 5) is 13.3. The normalized spacial score (nSPS) is 14.6. The highest BCUT2D eigenvalue weighted by Crippen LogP contribution is 2.56. The Hall–Kier alpha value is -3.65. The monoisotopic (exact) mass is 375 g/mol. The molecule has 2 aliphatic rings. The van der Waals surface area contributed by atoms with Crippen LogP contribution in [0.2, 0.25) is 0 Å². The fraction of sp³-hybridized carbons (Fsp3) is 0.0741. The molecule has 1 aliphatic carbocycles. The van der Waals surface area contributed by atoms with E-state index in [9.17, 15) is 4.79 Å². The summed E-state index contributed by atoms with van der Waals surface area (Å²) in [6.45, 7) is 0. The van der Waals surface area contributed by atoms with E-state index in [0.717, 1.165) is 33.6 Å². The van der Waals surface area contributed by atoms with Crippen LogP contribution in [0.5, 0.6) is 0 Å². The van der Waals surface area contributed by atoms with Crippen LogP contribution in [0.4, 0.5) is 11.4 Å². The predicted octanol–water partition coefficient (Wildman–Crippen LogP) is 6.31. The van der Waals surface area contributed by atoms with Crippen molar-refractivity contribution in [2.75, 3.05) is 5.32 Å². The number of nitrogens with one attached hydrogen (secondary N) is 1. The van der Waals surface area contributed by atoms with Crippen LogP contribution in [-0.4, -0.2) is 5.78 Å². The minimum atomic E-state index is -0.514. The van der Waals surface area contributed by atoms with Gasteiger partial charge in [0.05, 0.1) is 5.41 Å². The van der Waals surface area contributed by atoms with Crippen molar-refractivity contribution >= 4 is 17.2 Å². The second kappa shape index (κ2) is 6.18. The van der Waals surface area contributed by atoms with E-state index in [1.54, 1.807) is 0 Å². The molecule has 0 bridgehead atoms. The number of rotatable bonds is 0. The van der Waals surface area contributed by atoms with E-state index in [1.807, 2.05) is 36.4 Å². The fourth-order valence-corrected chi connectivity index (χ4v) is 5.02. The minimum absolute atomic E-state index is 0. The number of benzene rings is 4. The number of fused-ring (bicyclic) bond motifs is 8. The lowest BCUT2D eigenvalue weighted by atomic mass is 9.58. The number of hydrogen-bond acceptors (Lipinski definition) is 2. The highest BCUT2D eigenvalue weighted by molar-refractivity contribution is 6.14. The van der Waals surface area contributed by atoms with Gasteiger partial charge in [-0.25, -0.2) is 0 Å². The third-order valence-corrected chi connectivity index (χ3v) is 6.08. The van der Waals surface area contributed by atoms with Crippen molar-refractivity contribution in [3.05, 3.63) is 130 Å². The van der Waals surface area contributed by atoms with Crippen molar-refractivity contribution in [3.8, 4) is 0 Å². The molecular weight excluding hydrogens is 354 g/mol. The molecule has 4 aromatic carbocycles. The molecule has 0 radical (unpaired) electrons. The van der Waals surface area contributed by atoms with Gasteiger partial charge in [-0.1, -0.05) is 92.4 Å². The molecular formula is C27H21NO. The molecule has 0 aromatic heterocycles. The zero-order valence-corrected chi connectivity index (χ0v) is 15.1. The Kier molecular flexibility index (Phi) is 3.72. The maximum atomic E-state index is 13.3. The topological polar surface area (TPSA) is 29.1 Å². The highest BCUT2D eigenvalue weighted by Gasteiger charge is 2.49. The lowest BCUT2D eigenvalue weighted by Crippen LogP contribution is -2.40. The van der Waals surface area contributed by atoms with Gasteiger partial charge in [-0.15, -0.1) is 0 Å². The Balaban J connectivity index is 0.00000181. The van der Waals surface area contributed by atoms with Gasteiger partial charge < -0.3 is 5.32 Å². The van der Waals surface area contributed by atoms with Crippen molar-refractivity contribution in [1.82, 2.24) is 0 Å². The van der Waals surface area contributed by atoms with Crippen LogP contribution in [0.1, 0.15) is 45.6 Å². The number of anilines is 2. The lowest BCUT2D eigenvalue weighted by molar-refractivity contribution is 0.103. The highest BCUT2D eigenvalue weighted by atomic mass is 16.1. The van der Waals surface area contributed by atoms with Crippen molar-refractivity contribution < 1.29 is 4.79 Å². The van der Waals surface area contributed by atoms with Gasteiger partial charge in [0.2, 0.25) is 0 Å². The molecule has 6 rings (SSSR count). The maximum absolute atomic E-state index is 13.3. The van der Waals surface area contributed by atoms with Gasteiger partial charge >= 0.3 is 0 Å². The zero-order valence-electron chi connectivity index (χ0n) is 15.1. The summed E-state index contributed by atoms with van der Waals surface area (Å²) in [7, 11) is 0. The standard InChI is InChI=1S/C26H17NO.CH4/c28-25-17-9-1-3-11-19(17)26(20-12-4-2-10-18(20)25)21-13-5-7-15-23(21)27-24-16-8-6-14-22(24)26;/h1-16,27H;1H4. The summed E-state index contributed by atoms with van der Waals surface area (Å²) in [6.07, 6.45) is 0. The average Bonchev–Trinajstić information content (AvgIpc) is 2.77. The fourth-order valence-electron chi connectivity index (χ4n) is 5.02. The van der Waals surface area contributed by atoms with Crippen molar-refractivity contribution in [2.24, 2.45) is 0 Å². The van der Waals surface area contributed by atoms with Gasteiger partial charge in [0.25, 0.3) is 0 Å². The molecule has 0 saturated heterocycles. The van der Waals surface area contributed by atoms with Gasteiger partial charge in [0.15, 0.2) is 5.78 Å². The predicted molar refractivity (Wildman–Crippen MR) is 118 cm³/mol. The molecule has 140 valence electrons. The van der Waals surface area contributed by atoms with Gasteiger partial charge in [-0.2, -0.15) is 0 Å². The van der Waals surface area contributed by atoms with Gasteiger partial charge in [-0.05, 0) is 34.4 Å². The van der Waals surface area contributed by atoms with Crippen molar-refractivity contribution in [1.29, 1.82) is 0 Å². The summed E-state index contributed by atoms with van der Waals surface area (Å²) in [5.41, 5.74) is 7.70. The largest absolute Gasteiger partial charge is 0.355 e. The average molecular weight is 375 g/mol. The SMILES string of the molecule is C.O=C1c2ccccc2C2(c3ccccc3Nc3ccccc32)c2ccccc21. The van der Waals surface area contributed by atoms with Crippen molar-refractivity contribution in [2.45, 2.75) is 12.8 Å². The van der Waals surface area contributed by atoms with E-state index in [-0.39, 0.29) is 13.2 Å². The molecule has 1 heterocycles. The van der Waals surface area contributed by atoms with Crippen LogP contribution in [0.3, 0.4) is 0 Å². The zero-order chi connectivity index (χ0) is 18.7. The van der Waals surface area contributed by atoms with Crippen LogP contribution in [-0.2, 0) is 5.41 Å². The molecule has 29 heavy (non-hydrogen) atoms. The Morgan fingerprint density at radius 1 is 0.517 bits per heavy atom. The first kappa shape index (κ1) is 17.4. The Labute approximate surface area is 170 Å². The Bertz CT molecular complexity index is 1170. The molecule has 1 spiro atoms. The van der Waals surface area contributed by atoms with E-state index >= 15 is 0 Å². The molecule has 1 N–H and O–H groups in total. The number of carbonyl (C=O) groups is 1. The van der Waals surface area contributed by atoms with Gasteiger partial charge in [0, 0.05) is 22.5 Å². The molecule has 2 heteroatoms. The number of ketones is 1. The number of hydrogen-bond donors (Lipinski definition) is 1. The van der Waals surface area contributed by atoms with Crippen LogP contribution in [0.25, 0.3) is 0 Å². The molecule has 4 aromatic rings. The third kappa shape index (κ3) is 2.09. The van der Waals surface area contributed by atoms with E-state index < -0.39 is 5.41 Å². The third-order valence-electron chi connectivity index (χ3n) is 6.08. The van der Waals surface area contributed by atoms with Crippen LogP contribution >= 0.6 is 0 Å². The minimum Gasteiger partial charge on any atom is -0.355 e. The quantitative estimate of drug-likeness (QED) is 0.337. The summed E-state index contributed by atoms with van der Waals surface area (Å²) in [5, 5.41) is 3.60. The molecule has 0 atom stereocenters. The molecule has 2 nitrogen and oxygen atoms in total. The number of carbonyl (C=O) groups excluding carboxylic acids is 1. The van der Waals surface area contributed by atoms with Crippen LogP contribution < -0.4 is 5.32 Å². The first-order valence-electron chi connectivity index (χ1n) is 9.51. The molecule has 0 amide bonds. The Morgan fingerprint density at radius 3 is 1.38 bits per heavy atom. The number of para-hydroxylation sites is 2. The second-order valence-electron chi connectivity index (χ2n) is 7.39. The first-order chi connectivity index (χ1) is 13.8. The van der Waals surface area contributed by atoms with Crippen LogP contribution in [0.15, 0.2) is 97.1 Å². The molecule has 1 aliphatic heterocycles. The van der Waals surface area contributed by atoms with E-state index in [1.165, 1.54) is 11.1 Å². The summed E-state index contributed by atoms with van der Waals surface area (Å²) in [5.74, 6) is 0.102. The van der Waals surface area contributed by atoms with E-state index in [0.29, 0.717) is 0 Å². The first-order valence-corrected chi connectivity index (χ1v) is 9.51. The van der Waals surface area contributed by atoms with Gasteiger partial charge in [-0.3, -0.25) is 4.79 Å². The smallest absolute Gasteiger partial charge is 0.193 e. The maximum Gasteiger partial charge on any atom is 0.193 e. The lowest BCUT2D eigenvalue weighted by Gasteiger charge is -2.45. The van der Waals surface area contributed by atoms with E-state index in [4.69, 9.17) is 0 Å². The molecule has 0 unspecified atom stereocenters. The summed E-state index contributed by atoms with van der Waals surface area (Å²) >= 11 is 0. The van der Waals surface area contributed by atoms with Gasteiger partial charge in [0.1, 0.15) is 0 Å². The second-order valence-corrected chi connectivity index (χ2v) is 7.39. The Morgan fingerprint density at radius 2 is 0.897 bits per heavy atom. The van der Waals surface area contributed by atoms with Crippen molar-refractivity contribution in [3.63, 3.8) is 0 Å². The summed E-state index contributed by atoms with van der Waals surface area (Å²) < 4.78 is 0. The molecule has 0 fully saturated rings. The van der Waals surface area contributed by atoms with Crippen LogP contribution in [0, 0.1) is 0 Å². The summed E-state index contributed by atoms with van der Waals surface area (Å²) in [6, 6.07) is 33.0. The van der Waals surface area contributed by atoms with E-state index in [2.05, 4.69) is 66.0 Å². The molecule has 0 saturated carbocycles.